The van der Waals surface area contributed by atoms with E-state index in [0.29, 0.717) is 5.56 Å². The van der Waals surface area contributed by atoms with Gasteiger partial charge in [-0.3, -0.25) is 4.79 Å². The fourth-order valence-electron chi connectivity index (χ4n) is 3.56. The summed E-state index contributed by atoms with van der Waals surface area (Å²) in [7, 11) is 0. The first kappa shape index (κ1) is 16.7. The van der Waals surface area contributed by atoms with Crippen LogP contribution >= 0.6 is 11.6 Å². The average Bonchev–Trinajstić information content (AvgIpc) is 3.22. The Hall–Kier alpha value is -2.72. The van der Waals surface area contributed by atoms with Crippen molar-refractivity contribution >= 4 is 28.5 Å². The topological polar surface area (TPSA) is 34.9 Å². The van der Waals surface area contributed by atoms with Crippen molar-refractivity contribution in [2.24, 2.45) is 0 Å². The van der Waals surface area contributed by atoms with Crippen molar-refractivity contribution in [1.29, 1.82) is 0 Å². The minimum absolute atomic E-state index is 0.0411. The van der Waals surface area contributed by atoms with Crippen molar-refractivity contribution in [2.75, 3.05) is 0 Å². The molecule has 0 N–H and O–H groups in total. The molecular weight excluding hydrogens is 351 g/mol. The molecular formula is C21H16ClFN2O. The minimum atomic E-state index is -0.526. The van der Waals surface area contributed by atoms with Crippen molar-refractivity contribution < 1.29 is 9.18 Å². The number of rotatable bonds is 4. The number of ketones is 1. The molecule has 0 radical (unpaired) electrons. The molecule has 1 atom stereocenters. The van der Waals surface area contributed by atoms with E-state index in [1.165, 1.54) is 18.2 Å². The Morgan fingerprint density at radius 2 is 2.00 bits per heavy atom. The van der Waals surface area contributed by atoms with Gasteiger partial charge in [-0.15, -0.1) is 0 Å². The number of hydrogen-bond acceptors (Lipinski definition) is 2. The quantitative estimate of drug-likeness (QED) is 0.577. The summed E-state index contributed by atoms with van der Waals surface area (Å²) in [5.41, 5.74) is 4.74. The van der Waals surface area contributed by atoms with Crippen molar-refractivity contribution in [1.82, 2.24) is 9.55 Å². The maximum Gasteiger partial charge on any atom is 0.165 e. The number of aromatic nitrogens is 2. The molecule has 0 bridgehead atoms. The molecule has 0 saturated carbocycles. The van der Waals surface area contributed by atoms with E-state index in [4.69, 9.17) is 11.6 Å². The van der Waals surface area contributed by atoms with E-state index in [-0.39, 0.29) is 23.3 Å². The molecule has 0 saturated heterocycles. The Morgan fingerprint density at radius 1 is 1.23 bits per heavy atom. The maximum atomic E-state index is 13.4. The lowest BCUT2D eigenvalue weighted by Gasteiger charge is -2.18. The van der Waals surface area contributed by atoms with Crippen LogP contribution in [0.5, 0.6) is 0 Å². The molecule has 0 spiro atoms. The van der Waals surface area contributed by atoms with E-state index in [9.17, 15) is 9.18 Å². The van der Waals surface area contributed by atoms with Crippen LogP contribution in [-0.4, -0.2) is 15.3 Å². The summed E-state index contributed by atoms with van der Waals surface area (Å²) in [6, 6.07) is 14.0. The van der Waals surface area contributed by atoms with Crippen LogP contribution in [0, 0.1) is 5.82 Å². The summed E-state index contributed by atoms with van der Waals surface area (Å²) in [5, 5.41) is -0.0411. The number of Topliss-reactive ketones (excluding diaryl/α,β-unsaturated/α-hetero) is 1. The molecule has 1 aliphatic rings. The number of halogens is 2. The fourth-order valence-corrected chi connectivity index (χ4v) is 3.74. The van der Waals surface area contributed by atoms with Crippen LogP contribution in [0.4, 0.5) is 4.39 Å². The summed E-state index contributed by atoms with van der Waals surface area (Å²) >= 11 is 5.83. The second-order valence-electron chi connectivity index (χ2n) is 6.36. The van der Waals surface area contributed by atoms with Gasteiger partial charge >= 0.3 is 0 Å². The second-order valence-corrected chi connectivity index (χ2v) is 6.77. The van der Waals surface area contributed by atoms with Gasteiger partial charge in [0.2, 0.25) is 0 Å². The van der Waals surface area contributed by atoms with Crippen molar-refractivity contribution in [3.05, 3.63) is 88.7 Å². The number of fused-ring (bicyclic) bond motifs is 1. The smallest absolute Gasteiger partial charge is 0.165 e. The largest absolute Gasteiger partial charge is 0.323 e. The fraction of sp³-hybridized carbons (Fsp3) is 0.143. The Bertz CT molecular complexity index is 1020. The highest BCUT2D eigenvalue weighted by Crippen LogP contribution is 2.44. The van der Waals surface area contributed by atoms with E-state index in [1.807, 2.05) is 41.1 Å². The molecule has 3 nitrogen and oxygen atoms in total. The summed E-state index contributed by atoms with van der Waals surface area (Å²) in [6.45, 7) is 2.05. The first-order chi connectivity index (χ1) is 12.6. The minimum Gasteiger partial charge on any atom is -0.323 e. The molecule has 0 aliphatic carbocycles. The molecule has 5 heteroatoms. The van der Waals surface area contributed by atoms with Gasteiger partial charge in [-0.25, -0.2) is 9.37 Å². The average molecular weight is 367 g/mol. The zero-order chi connectivity index (χ0) is 18.3. The van der Waals surface area contributed by atoms with Crippen molar-refractivity contribution in [2.45, 2.75) is 19.4 Å². The first-order valence-electron chi connectivity index (χ1n) is 8.33. The van der Waals surface area contributed by atoms with Gasteiger partial charge in [-0.2, -0.15) is 0 Å². The molecule has 130 valence electrons. The van der Waals surface area contributed by atoms with Crippen LogP contribution in [0.3, 0.4) is 0 Å². The predicted octanol–water partition coefficient (Wildman–Crippen LogP) is 5.43. The molecule has 4 rings (SSSR count). The molecule has 0 fully saturated rings. The van der Waals surface area contributed by atoms with Gasteiger partial charge in [0.1, 0.15) is 5.82 Å². The third kappa shape index (κ3) is 2.76. The monoisotopic (exact) mass is 366 g/mol. The lowest BCUT2D eigenvalue weighted by atomic mass is 9.91. The number of nitrogens with zero attached hydrogens (tertiary/aromatic N) is 2. The highest BCUT2D eigenvalue weighted by atomic mass is 35.5. The highest BCUT2D eigenvalue weighted by Gasteiger charge is 2.31. The van der Waals surface area contributed by atoms with Gasteiger partial charge in [0.25, 0.3) is 0 Å². The van der Waals surface area contributed by atoms with Crippen molar-refractivity contribution in [3.8, 4) is 0 Å². The van der Waals surface area contributed by atoms with Gasteiger partial charge in [0.15, 0.2) is 5.78 Å². The molecule has 2 aromatic carbocycles. The van der Waals surface area contributed by atoms with Crippen LogP contribution < -0.4 is 0 Å². The summed E-state index contributed by atoms with van der Waals surface area (Å²) in [6.07, 6.45) is 3.83. The van der Waals surface area contributed by atoms with Crippen molar-refractivity contribution in [3.63, 3.8) is 0 Å². The normalized spacial score (nSPS) is 16.0. The second kappa shape index (κ2) is 6.54. The van der Waals surface area contributed by atoms with E-state index in [0.717, 1.165) is 22.4 Å². The van der Waals surface area contributed by atoms with E-state index < -0.39 is 5.82 Å². The molecule has 1 aromatic heterocycles. The maximum absolute atomic E-state index is 13.4. The third-order valence-electron chi connectivity index (χ3n) is 4.83. The van der Waals surface area contributed by atoms with Crippen LogP contribution in [0.2, 0.25) is 5.02 Å². The Morgan fingerprint density at radius 3 is 2.73 bits per heavy atom. The number of carbonyl (C=O) groups excluding carboxylic acids is 1. The molecule has 0 amide bonds. The summed E-state index contributed by atoms with van der Waals surface area (Å²) in [4.78, 5) is 17.1. The number of imidazole rings is 1. The van der Waals surface area contributed by atoms with Gasteiger partial charge < -0.3 is 4.57 Å². The molecule has 3 aromatic rings. The van der Waals surface area contributed by atoms with E-state index >= 15 is 0 Å². The van der Waals surface area contributed by atoms with Gasteiger partial charge in [-0.1, -0.05) is 41.9 Å². The number of hydrogen-bond donors (Lipinski definition) is 0. The first-order valence-corrected chi connectivity index (χ1v) is 8.70. The summed E-state index contributed by atoms with van der Waals surface area (Å²) in [5.74, 6) is -0.610. The summed E-state index contributed by atoms with van der Waals surface area (Å²) < 4.78 is 15.4. The molecule has 1 unspecified atom stereocenters. The van der Waals surface area contributed by atoms with Crippen LogP contribution in [0.25, 0.3) is 11.1 Å². The standard InChI is InChI=1S/C21H16ClFN2O/c1-13-19-11-24-12-25(19)18(21(13)14-5-3-2-4-6-14)10-20(26)15-7-8-17(23)16(22)9-15/h2-9,11-12,18H,10H2,1H3. The lowest BCUT2D eigenvalue weighted by Crippen LogP contribution is -2.13. The molecule has 26 heavy (non-hydrogen) atoms. The van der Waals surface area contributed by atoms with E-state index in [2.05, 4.69) is 11.9 Å². The van der Waals surface area contributed by atoms with Crippen LogP contribution in [0.1, 0.15) is 41.0 Å². The van der Waals surface area contributed by atoms with Gasteiger partial charge in [0.05, 0.1) is 29.3 Å². The highest BCUT2D eigenvalue weighted by molar-refractivity contribution is 6.31. The zero-order valence-corrected chi connectivity index (χ0v) is 14.9. The Kier molecular flexibility index (Phi) is 4.21. The van der Waals surface area contributed by atoms with Gasteiger partial charge in [-0.05, 0) is 41.8 Å². The number of allylic oxidation sites excluding steroid dienone is 2. The number of carbonyl (C=O) groups is 1. The zero-order valence-electron chi connectivity index (χ0n) is 14.1. The SMILES string of the molecule is CC1=C(c2ccccc2)C(CC(=O)c2ccc(F)c(Cl)c2)n2cncc21. The third-order valence-corrected chi connectivity index (χ3v) is 5.12. The molecule has 1 aliphatic heterocycles. The predicted molar refractivity (Wildman–Crippen MR) is 101 cm³/mol. The Balaban J connectivity index is 1.72. The van der Waals surface area contributed by atoms with E-state index in [1.54, 1.807) is 6.33 Å². The van der Waals surface area contributed by atoms with Gasteiger partial charge in [0, 0.05) is 12.0 Å². The number of benzene rings is 2. The van der Waals surface area contributed by atoms with Crippen LogP contribution in [0.15, 0.2) is 61.1 Å². The Labute approximate surface area is 155 Å². The lowest BCUT2D eigenvalue weighted by molar-refractivity contribution is 0.0972. The molecule has 2 heterocycles. The van der Waals surface area contributed by atoms with Crippen LogP contribution in [-0.2, 0) is 0 Å².